The molecule has 1 N–H and O–H groups in total. The molecule has 0 spiro atoms. The number of halogens is 1. The van der Waals surface area contributed by atoms with E-state index in [1.165, 1.54) is 17.4 Å². The molecule has 2 aromatic heterocycles. The van der Waals surface area contributed by atoms with Gasteiger partial charge in [-0.2, -0.15) is 0 Å². The number of carbonyl (C=O) groups excluding carboxylic acids is 1. The van der Waals surface area contributed by atoms with Crippen LogP contribution in [0.5, 0.6) is 0 Å². The molecule has 1 aliphatic heterocycles. The summed E-state index contributed by atoms with van der Waals surface area (Å²) < 4.78 is 16.1. The van der Waals surface area contributed by atoms with Gasteiger partial charge in [0.25, 0.3) is 5.56 Å². The molecule has 0 bridgehead atoms. The monoisotopic (exact) mass is 462 g/mol. The van der Waals surface area contributed by atoms with Crippen LogP contribution in [-0.2, 0) is 11.3 Å². The largest absolute Gasteiger partial charge is 0.352 e. The fourth-order valence-corrected chi connectivity index (χ4v) is 4.99. The lowest BCUT2D eigenvalue weighted by Gasteiger charge is -2.33. The Hall–Kier alpha value is -3.52. The van der Waals surface area contributed by atoms with Gasteiger partial charge in [0.05, 0.1) is 11.2 Å². The number of para-hydroxylation sites is 1. The minimum absolute atomic E-state index is 0.0698. The summed E-state index contributed by atoms with van der Waals surface area (Å²) in [5.41, 5.74) is 1.85. The average molecular weight is 463 g/mol. The van der Waals surface area contributed by atoms with Crippen molar-refractivity contribution < 1.29 is 9.18 Å². The van der Waals surface area contributed by atoms with Crippen LogP contribution < -0.4 is 15.8 Å². The van der Waals surface area contributed by atoms with Crippen LogP contribution in [0.1, 0.15) is 18.4 Å². The highest BCUT2D eigenvalue weighted by atomic mass is 32.1. The third-order valence-electron chi connectivity index (χ3n) is 6.04. The fourth-order valence-electron chi connectivity index (χ4n) is 4.23. The predicted molar refractivity (Wildman–Crippen MR) is 128 cm³/mol. The second-order valence-electron chi connectivity index (χ2n) is 8.09. The zero-order valence-electron chi connectivity index (χ0n) is 17.9. The van der Waals surface area contributed by atoms with Gasteiger partial charge in [-0.3, -0.25) is 9.59 Å². The first-order valence-electron chi connectivity index (χ1n) is 10.9. The van der Waals surface area contributed by atoms with Gasteiger partial charge in [-0.15, -0.1) is 11.3 Å². The standard InChI is InChI=1S/C25H23FN4O2S/c26-20-9-5-4-6-18(20)16-27-23(31)17-10-13-29(14-11-17)25-28-21-12-15-33-22(21)24(32)30(25)19-7-2-1-3-8-19/h1-9,12,15,17H,10-11,13-14,16H2,(H,27,31). The lowest BCUT2D eigenvalue weighted by atomic mass is 9.96. The first kappa shape index (κ1) is 21.3. The number of hydrogen-bond acceptors (Lipinski definition) is 5. The van der Waals surface area contributed by atoms with Gasteiger partial charge >= 0.3 is 0 Å². The van der Waals surface area contributed by atoms with E-state index < -0.39 is 0 Å². The smallest absolute Gasteiger partial charge is 0.277 e. The number of nitrogens with zero attached hydrogens (tertiary/aromatic N) is 3. The summed E-state index contributed by atoms with van der Waals surface area (Å²) >= 11 is 1.39. The Labute approximate surface area is 194 Å². The highest BCUT2D eigenvalue weighted by Crippen LogP contribution is 2.26. The minimum Gasteiger partial charge on any atom is -0.352 e. The molecule has 0 atom stereocenters. The summed E-state index contributed by atoms with van der Waals surface area (Å²) in [7, 11) is 0. The molecule has 0 aliphatic carbocycles. The quantitative estimate of drug-likeness (QED) is 0.485. The number of hydrogen-bond donors (Lipinski definition) is 1. The molecular weight excluding hydrogens is 439 g/mol. The number of amides is 1. The third kappa shape index (κ3) is 4.26. The summed E-state index contributed by atoms with van der Waals surface area (Å²) in [6.45, 7) is 1.38. The van der Waals surface area contributed by atoms with Crippen LogP contribution in [0.15, 0.2) is 70.8 Å². The van der Waals surface area contributed by atoms with Crippen LogP contribution in [0, 0.1) is 11.7 Å². The number of fused-ring (bicyclic) bond motifs is 1. The van der Waals surface area contributed by atoms with E-state index in [0.717, 1.165) is 5.69 Å². The molecule has 4 aromatic rings. The van der Waals surface area contributed by atoms with Gasteiger partial charge in [0.15, 0.2) is 0 Å². The van der Waals surface area contributed by atoms with Crippen molar-refractivity contribution in [2.24, 2.45) is 5.92 Å². The molecule has 1 fully saturated rings. The van der Waals surface area contributed by atoms with Crippen LogP contribution in [0.3, 0.4) is 0 Å². The molecular formula is C25H23FN4O2S. The molecule has 5 rings (SSSR count). The summed E-state index contributed by atoms with van der Waals surface area (Å²) in [6, 6.07) is 17.8. The van der Waals surface area contributed by atoms with Gasteiger partial charge in [0, 0.05) is 31.1 Å². The molecule has 0 unspecified atom stereocenters. The Bertz CT molecular complexity index is 1340. The first-order valence-corrected chi connectivity index (χ1v) is 11.8. The Morgan fingerprint density at radius 1 is 1.06 bits per heavy atom. The molecule has 33 heavy (non-hydrogen) atoms. The van der Waals surface area contributed by atoms with E-state index in [9.17, 15) is 14.0 Å². The molecule has 0 radical (unpaired) electrons. The Morgan fingerprint density at radius 3 is 2.55 bits per heavy atom. The molecule has 1 amide bonds. The topological polar surface area (TPSA) is 67.2 Å². The van der Waals surface area contributed by atoms with Crippen LogP contribution in [0.25, 0.3) is 15.9 Å². The summed E-state index contributed by atoms with van der Waals surface area (Å²) in [5.74, 6) is 0.0538. The number of thiophene rings is 1. The number of aromatic nitrogens is 2. The number of anilines is 1. The highest BCUT2D eigenvalue weighted by molar-refractivity contribution is 7.17. The maximum atomic E-state index is 13.8. The number of carbonyl (C=O) groups is 1. The summed E-state index contributed by atoms with van der Waals surface area (Å²) in [4.78, 5) is 32.9. The zero-order chi connectivity index (χ0) is 22.8. The van der Waals surface area contributed by atoms with Gasteiger partial charge in [0.1, 0.15) is 10.5 Å². The van der Waals surface area contributed by atoms with E-state index in [2.05, 4.69) is 10.2 Å². The molecule has 168 valence electrons. The average Bonchev–Trinajstić information content (AvgIpc) is 3.33. The van der Waals surface area contributed by atoms with Gasteiger partial charge in [0.2, 0.25) is 11.9 Å². The Kier molecular flexibility index (Phi) is 5.92. The van der Waals surface area contributed by atoms with Crippen LogP contribution in [-0.4, -0.2) is 28.5 Å². The summed E-state index contributed by atoms with van der Waals surface area (Å²) in [5, 5.41) is 4.74. The second kappa shape index (κ2) is 9.15. The number of benzene rings is 2. The molecule has 3 heterocycles. The van der Waals surface area contributed by atoms with Crippen LogP contribution in [0.2, 0.25) is 0 Å². The van der Waals surface area contributed by atoms with Gasteiger partial charge < -0.3 is 10.2 Å². The molecule has 1 aliphatic rings. The highest BCUT2D eigenvalue weighted by Gasteiger charge is 2.28. The van der Waals surface area contributed by atoms with Crippen molar-refractivity contribution in [3.63, 3.8) is 0 Å². The zero-order valence-corrected chi connectivity index (χ0v) is 18.7. The van der Waals surface area contributed by atoms with Crippen molar-refractivity contribution in [2.75, 3.05) is 18.0 Å². The van der Waals surface area contributed by atoms with Crippen molar-refractivity contribution >= 4 is 33.4 Å². The summed E-state index contributed by atoms with van der Waals surface area (Å²) in [6.07, 6.45) is 1.27. The van der Waals surface area contributed by atoms with Gasteiger partial charge in [-0.1, -0.05) is 36.4 Å². The van der Waals surface area contributed by atoms with Crippen molar-refractivity contribution in [3.8, 4) is 5.69 Å². The Balaban J connectivity index is 1.34. The molecule has 1 saturated heterocycles. The van der Waals surface area contributed by atoms with Gasteiger partial charge in [-0.05, 0) is 42.5 Å². The van der Waals surface area contributed by atoms with Crippen molar-refractivity contribution in [1.82, 2.24) is 14.9 Å². The number of rotatable bonds is 5. The molecule has 0 saturated carbocycles. The molecule has 8 heteroatoms. The minimum atomic E-state index is -0.318. The van der Waals surface area contributed by atoms with E-state index in [1.54, 1.807) is 22.8 Å². The fraction of sp³-hybridized carbons (Fsp3) is 0.240. The van der Waals surface area contributed by atoms with Crippen molar-refractivity contribution in [3.05, 3.63) is 87.8 Å². The SMILES string of the molecule is O=C(NCc1ccccc1F)C1CCN(c2nc3ccsc3c(=O)n2-c2ccccc2)CC1. The molecule has 2 aromatic carbocycles. The maximum Gasteiger partial charge on any atom is 0.277 e. The third-order valence-corrected chi connectivity index (χ3v) is 6.93. The molecule has 6 nitrogen and oxygen atoms in total. The van der Waals surface area contributed by atoms with E-state index in [1.807, 2.05) is 41.8 Å². The van der Waals surface area contributed by atoms with Gasteiger partial charge in [-0.25, -0.2) is 13.9 Å². The normalized spacial score (nSPS) is 14.5. The number of nitrogens with one attached hydrogen (secondary N) is 1. The first-order chi connectivity index (χ1) is 16.1. The lowest BCUT2D eigenvalue weighted by Crippen LogP contribution is -2.42. The maximum absolute atomic E-state index is 13.8. The predicted octanol–water partition coefficient (Wildman–Crippen LogP) is 4.12. The Morgan fingerprint density at radius 2 is 1.79 bits per heavy atom. The van der Waals surface area contributed by atoms with Crippen LogP contribution in [0.4, 0.5) is 10.3 Å². The van der Waals surface area contributed by atoms with E-state index in [4.69, 9.17) is 4.98 Å². The second-order valence-corrected chi connectivity index (χ2v) is 9.01. The van der Waals surface area contributed by atoms with Crippen molar-refractivity contribution in [1.29, 1.82) is 0 Å². The lowest BCUT2D eigenvalue weighted by molar-refractivity contribution is -0.125. The van der Waals surface area contributed by atoms with E-state index >= 15 is 0 Å². The van der Waals surface area contributed by atoms with Crippen LogP contribution >= 0.6 is 11.3 Å². The number of piperidine rings is 1. The van der Waals surface area contributed by atoms with E-state index in [0.29, 0.717) is 47.7 Å². The van der Waals surface area contributed by atoms with Crippen molar-refractivity contribution in [2.45, 2.75) is 19.4 Å². The van der Waals surface area contributed by atoms with E-state index in [-0.39, 0.29) is 29.7 Å².